The number of nitrogens with one attached hydrogen (secondary N) is 1. The number of aryl methyl sites for hydroxylation is 1. The highest BCUT2D eigenvalue weighted by atomic mass is 32.2. The van der Waals surface area contributed by atoms with E-state index in [4.69, 9.17) is 9.15 Å². The summed E-state index contributed by atoms with van der Waals surface area (Å²) < 4.78 is 38.6. The van der Waals surface area contributed by atoms with Gasteiger partial charge in [0.15, 0.2) is 0 Å². The Hall–Kier alpha value is -2.80. The van der Waals surface area contributed by atoms with Crippen molar-refractivity contribution in [2.24, 2.45) is 0 Å². The molecule has 28 heavy (non-hydrogen) atoms. The molecule has 0 amide bonds. The molecule has 6 nitrogen and oxygen atoms in total. The van der Waals surface area contributed by atoms with Crippen LogP contribution in [0.3, 0.4) is 0 Å². The molecule has 148 valence electrons. The summed E-state index contributed by atoms with van der Waals surface area (Å²) in [5.74, 6) is -0.0195. The minimum absolute atomic E-state index is 0.161. The number of unbranched alkanes of at least 4 members (excludes halogenated alkanes) is 2. The quantitative estimate of drug-likeness (QED) is 0.429. The van der Waals surface area contributed by atoms with E-state index in [1.54, 1.807) is 43.3 Å². The molecule has 0 saturated heterocycles. The number of hydrogen-bond acceptors (Lipinski definition) is 5. The van der Waals surface area contributed by atoms with Crippen molar-refractivity contribution in [3.05, 3.63) is 59.9 Å². The number of ether oxygens (including phenoxy) is 1. The molecule has 0 aliphatic rings. The third-order valence-corrected chi connectivity index (χ3v) is 5.75. The summed E-state index contributed by atoms with van der Waals surface area (Å²) in [6, 6.07) is 12.9. The van der Waals surface area contributed by atoms with E-state index in [-0.39, 0.29) is 4.90 Å². The molecule has 0 radical (unpaired) electrons. The van der Waals surface area contributed by atoms with Gasteiger partial charge in [-0.2, -0.15) is 0 Å². The van der Waals surface area contributed by atoms with E-state index < -0.39 is 16.0 Å². The third-order valence-electron chi connectivity index (χ3n) is 4.35. The number of sulfonamides is 1. The summed E-state index contributed by atoms with van der Waals surface area (Å²) in [5.41, 5.74) is 1.17. The Labute approximate surface area is 164 Å². The molecule has 1 N–H and O–H groups in total. The topological polar surface area (TPSA) is 85.6 Å². The molecule has 1 heterocycles. The van der Waals surface area contributed by atoms with Gasteiger partial charge in [0.25, 0.3) is 10.0 Å². The average Bonchev–Trinajstić information content (AvgIpc) is 3.00. The zero-order valence-electron chi connectivity index (χ0n) is 15.9. The van der Waals surface area contributed by atoms with Gasteiger partial charge in [0.1, 0.15) is 16.9 Å². The van der Waals surface area contributed by atoms with Gasteiger partial charge < -0.3 is 9.15 Å². The summed E-state index contributed by atoms with van der Waals surface area (Å²) in [5, 5.41) is 0.520. The monoisotopic (exact) mass is 401 g/mol. The highest BCUT2D eigenvalue weighted by molar-refractivity contribution is 7.92. The number of carbonyl (C=O) groups is 1. The lowest BCUT2D eigenvalue weighted by Crippen LogP contribution is -2.12. The fraction of sp³-hybridized carbons (Fsp3) is 0.286. The van der Waals surface area contributed by atoms with E-state index >= 15 is 0 Å². The van der Waals surface area contributed by atoms with E-state index in [9.17, 15) is 13.2 Å². The highest BCUT2D eigenvalue weighted by Gasteiger charge is 2.21. The van der Waals surface area contributed by atoms with Gasteiger partial charge in [-0.25, -0.2) is 13.2 Å². The number of hydrogen-bond donors (Lipinski definition) is 1. The Morgan fingerprint density at radius 1 is 1.11 bits per heavy atom. The molecule has 0 fully saturated rings. The van der Waals surface area contributed by atoms with Crippen molar-refractivity contribution in [2.45, 2.75) is 38.0 Å². The summed E-state index contributed by atoms with van der Waals surface area (Å²) in [4.78, 5) is 12.7. The molecule has 3 rings (SSSR count). The maximum atomic E-state index is 12.5. The van der Waals surface area contributed by atoms with Crippen molar-refractivity contribution in [3.8, 4) is 0 Å². The molecule has 0 spiro atoms. The van der Waals surface area contributed by atoms with Crippen LogP contribution in [0.25, 0.3) is 11.0 Å². The molecule has 7 heteroatoms. The SMILES string of the molecule is CCCCCOC(=O)c1c(C)oc2ccc(NS(=O)(=O)c3ccccc3)cc12. The summed E-state index contributed by atoms with van der Waals surface area (Å²) >= 11 is 0. The normalized spacial score (nSPS) is 11.5. The first-order valence-corrected chi connectivity index (χ1v) is 10.7. The Balaban J connectivity index is 1.87. The van der Waals surface area contributed by atoms with Crippen molar-refractivity contribution in [2.75, 3.05) is 11.3 Å². The van der Waals surface area contributed by atoms with Crippen LogP contribution in [0.2, 0.25) is 0 Å². The van der Waals surface area contributed by atoms with Gasteiger partial charge in [-0.1, -0.05) is 38.0 Å². The fourth-order valence-electron chi connectivity index (χ4n) is 2.94. The van der Waals surface area contributed by atoms with Gasteiger partial charge >= 0.3 is 5.97 Å². The number of anilines is 1. The molecule has 0 atom stereocenters. The smallest absolute Gasteiger partial charge is 0.342 e. The summed E-state index contributed by atoms with van der Waals surface area (Å²) in [7, 11) is -3.73. The number of esters is 1. The minimum atomic E-state index is -3.73. The zero-order chi connectivity index (χ0) is 20.1. The van der Waals surface area contributed by atoms with Gasteiger partial charge in [-0.3, -0.25) is 4.72 Å². The van der Waals surface area contributed by atoms with Crippen molar-refractivity contribution in [3.63, 3.8) is 0 Å². The third kappa shape index (κ3) is 4.36. The number of fused-ring (bicyclic) bond motifs is 1. The van der Waals surface area contributed by atoms with Gasteiger partial charge in [0, 0.05) is 11.1 Å². The Morgan fingerprint density at radius 3 is 2.57 bits per heavy atom. The van der Waals surface area contributed by atoms with Crippen molar-refractivity contribution in [1.29, 1.82) is 0 Å². The molecule has 0 aliphatic carbocycles. The van der Waals surface area contributed by atoms with Crippen LogP contribution in [0.1, 0.15) is 42.3 Å². The largest absolute Gasteiger partial charge is 0.462 e. The first kappa shape index (κ1) is 19.9. The molecule has 0 unspecified atom stereocenters. The second-order valence-corrected chi connectivity index (χ2v) is 8.19. The number of rotatable bonds is 8. The second-order valence-electron chi connectivity index (χ2n) is 6.51. The predicted molar refractivity (Wildman–Crippen MR) is 108 cm³/mol. The van der Waals surface area contributed by atoms with Gasteiger partial charge in [0.2, 0.25) is 0 Å². The summed E-state index contributed by atoms with van der Waals surface area (Å²) in [6.45, 7) is 4.11. The van der Waals surface area contributed by atoms with Crippen LogP contribution in [0, 0.1) is 6.92 Å². The van der Waals surface area contributed by atoms with Crippen molar-refractivity contribution in [1.82, 2.24) is 0 Å². The lowest BCUT2D eigenvalue weighted by molar-refractivity contribution is 0.0498. The van der Waals surface area contributed by atoms with E-state index in [1.807, 2.05) is 0 Å². The Bertz CT molecular complexity index is 1070. The lowest BCUT2D eigenvalue weighted by Gasteiger charge is -2.08. The maximum Gasteiger partial charge on any atom is 0.342 e. The van der Waals surface area contributed by atoms with Gasteiger partial charge in [-0.05, 0) is 43.7 Å². The lowest BCUT2D eigenvalue weighted by atomic mass is 10.1. The average molecular weight is 401 g/mol. The first-order valence-electron chi connectivity index (χ1n) is 9.20. The standard InChI is InChI=1S/C21H23NO5S/c1-3-4-8-13-26-21(23)20-15(2)27-19-12-11-16(14-18(19)20)22-28(24,25)17-9-6-5-7-10-17/h5-7,9-12,14,22H,3-4,8,13H2,1-2H3. The van der Waals surface area contributed by atoms with Gasteiger partial charge in [0.05, 0.1) is 11.5 Å². The fourth-order valence-corrected chi connectivity index (χ4v) is 4.01. The van der Waals surface area contributed by atoms with Gasteiger partial charge in [-0.15, -0.1) is 0 Å². The number of furan rings is 1. The van der Waals surface area contributed by atoms with E-state index in [2.05, 4.69) is 11.6 Å². The molecule has 2 aromatic carbocycles. The predicted octanol–water partition coefficient (Wildman–Crippen LogP) is 4.89. The zero-order valence-corrected chi connectivity index (χ0v) is 16.7. The van der Waals surface area contributed by atoms with E-state index in [0.717, 1.165) is 19.3 Å². The van der Waals surface area contributed by atoms with Crippen LogP contribution in [-0.2, 0) is 14.8 Å². The molecule has 3 aromatic rings. The van der Waals surface area contributed by atoms with Crippen LogP contribution in [-0.4, -0.2) is 21.0 Å². The van der Waals surface area contributed by atoms with E-state index in [0.29, 0.717) is 34.6 Å². The molecular weight excluding hydrogens is 378 g/mol. The van der Waals surface area contributed by atoms with Crippen LogP contribution in [0.5, 0.6) is 0 Å². The maximum absolute atomic E-state index is 12.5. The minimum Gasteiger partial charge on any atom is -0.462 e. The molecular formula is C21H23NO5S. The second kappa shape index (κ2) is 8.48. The number of benzene rings is 2. The Kier molecular flexibility index (Phi) is 6.04. The molecule has 0 saturated carbocycles. The van der Waals surface area contributed by atoms with Crippen LogP contribution < -0.4 is 4.72 Å². The van der Waals surface area contributed by atoms with Crippen LogP contribution in [0.4, 0.5) is 5.69 Å². The molecule has 0 bridgehead atoms. The summed E-state index contributed by atoms with van der Waals surface area (Å²) in [6.07, 6.45) is 2.83. The first-order chi connectivity index (χ1) is 13.4. The molecule has 1 aromatic heterocycles. The van der Waals surface area contributed by atoms with Crippen LogP contribution >= 0.6 is 0 Å². The van der Waals surface area contributed by atoms with E-state index in [1.165, 1.54) is 12.1 Å². The molecule has 0 aliphatic heterocycles. The van der Waals surface area contributed by atoms with Crippen molar-refractivity contribution < 1.29 is 22.4 Å². The number of carbonyl (C=O) groups excluding carboxylic acids is 1. The highest BCUT2D eigenvalue weighted by Crippen LogP contribution is 2.29. The van der Waals surface area contributed by atoms with Crippen LogP contribution in [0.15, 0.2) is 57.8 Å². The Morgan fingerprint density at radius 2 is 1.86 bits per heavy atom. The van der Waals surface area contributed by atoms with Crippen molar-refractivity contribution >= 4 is 32.6 Å².